The Morgan fingerprint density at radius 3 is 2.11 bits per heavy atom. The van der Waals surface area contributed by atoms with E-state index in [1.807, 2.05) is 36.4 Å². The third-order valence-electron chi connectivity index (χ3n) is 5.83. The largest absolute Gasteiger partial charge is 0.490 e. The van der Waals surface area contributed by atoms with E-state index in [2.05, 4.69) is 67.0 Å². The molecule has 0 aliphatic heterocycles. The normalized spacial score (nSPS) is 12.1. The molecule has 1 aromatic heterocycles. The van der Waals surface area contributed by atoms with Gasteiger partial charge in [0.25, 0.3) is 0 Å². The highest BCUT2D eigenvalue weighted by atomic mass is 16.5. The van der Waals surface area contributed by atoms with Crippen LogP contribution in [0.1, 0.15) is 57.9 Å². The maximum atomic E-state index is 5.87. The number of benzene rings is 2. The van der Waals surface area contributed by atoms with E-state index in [1.165, 1.54) is 24.8 Å². The van der Waals surface area contributed by atoms with Gasteiger partial charge in [-0.25, -0.2) is 0 Å². The average Bonchev–Trinajstić information content (AvgIpc) is 2.90. The van der Waals surface area contributed by atoms with Gasteiger partial charge in [-0.1, -0.05) is 68.8 Å². The molecule has 0 amide bonds. The van der Waals surface area contributed by atoms with E-state index in [9.17, 15) is 0 Å². The van der Waals surface area contributed by atoms with Crippen molar-refractivity contribution in [2.75, 3.05) is 13.2 Å². The molecule has 1 unspecified atom stereocenters. The molecule has 4 heteroatoms. The Morgan fingerprint density at radius 1 is 0.857 bits per heavy atom. The van der Waals surface area contributed by atoms with Crippen molar-refractivity contribution in [3.05, 3.63) is 85.0 Å². The smallest absolute Gasteiger partial charge is 0.119 e. The zero-order valence-corrected chi connectivity index (χ0v) is 21.2. The summed E-state index contributed by atoms with van der Waals surface area (Å²) < 4.78 is 11.4. The summed E-state index contributed by atoms with van der Waals surface area (Å²) in [5.41, 5.74) is 4.96. The zero-order valence-electron chi connectivity index (χ0n) is 21.2. The van der Waals surface area contributed by atoms with E-state index >= 15 is 0 Å². The van der Waals surface area contributed by atoms with Gasteiger partial charge in [-0.2, -0.15) is 0 Å². The quantitative estimate of drug-likeness (QED) is 0.166. The first-order chi connectivity index (χ1) is 17.2. The van der Waals surface area contributed by atoms with Crippen LogP contribution in [0.5, 0.6) is 5.75 Å². The fourth-order valence-corrected chi connectivity index (χ4v) is 3.74. The van der Waals surface area contributed by atoms with Crippen LogP contribution in [0.25, 0.3) is 28.6 Å². The number of hydrogen-bond donors (Lipinski definition) is 0. The summed E-state index contributed by atoms with van der Waals surface area (Å²) in [6, 6.07) is 20.3. The molecule has 35 heavy (non-hydrogen) atoms. The molecule has 0 N–H and O–H groups in total. The van der Waals surface area contributed by atoms with E-state index in [0.717, 1.165) is 54.1 Å². The summed E-state index contributed by atoms with van der Waals surface area (Å²) in [5.74, 6) is 0.814. The Bertz CT molecular complexity index is 1030. The maximum Gasteiger partial charge on any atom is 0.119 e. The summed E-state index contributed by atoms with van der Waals surface area (Å²) in [5, 5.41) is 8.86. The lowest BCUT2D eigenvalue weighted by Gasteiger charge is -2.11. The summed E-state index contributed by atoms with van der Waals surface area (Å²) in [6.45, 7) is 9.45. The van der Waals surface area contributed by atoms with Gasteiger partial charge in [-0.15, -0.1) is 10.2 Å². The SMILES string of the molecule is C=CCOc1ccc(-c2ccc(-c3ccc(C=CCCCC(C)OCCCCC)cc3)nn2)cc1. The topological polar surface area (TPSA) is 44.2 Å². The van der Waals surface area contributed by atoms with Gasteiger partial charge in [0.1, 0.15) is 12.4 Å². The van der Waals surface area contributed by atoms with Crippen molar-refractivity contribution in [1.82, 2.24) is 10.2 Å². The molecule has 1 atom stereocenters. The second-order valence-electron chi connectivity index (χ2n) is 8.77. The summed E-state index contributed by atoms with van der Waals surface area (Å²) in [7, 11) is 0. The van der Waals surface area contributed by atoms with Gasteiger partial charge in [0.05, 0.1) is 17.5 Å². The molecule has 0 aliphatic rings. The summed E-state index contributed by atoms with van der Waals surface area (Å²) in [6.07, 6.45) is 13.5. The Kier molecular flexibility index (Phi) is 11.2. The van der Waals surface area contributed by atoms with Gasteiger partial charge in [-0.3, -0.25) is 0 Å². The van der Waals surface area contributed by atoms with Crippen LogP contribution in [0.2, 0.25) is 0 Å². The molecule has 184 valence electrons. The van der Waals surface area contributed by atoms with Crippen molar-refractivity contribution < 1.29 is 9.47 Å². The van der Waals surface area contributed by atoms with Gasteiger partial charge in [-0.05, 0) is 74.6 Å². The fourth-order valence-electron chi connectivity index (χ4n) is 3.74. The van der Waals surface area contributed by atoms with E-state index in [-0.39, 0.29) is 0 Å². The first kappa shape index (κ1) is 26.4. The number of rotatable bonds is 15. The van der Waals surface area contributed by atoms with Crippen LogP contribution in [0.4, 0.5) is 0 Å². The van der Waals surface area contributed by atoms with Crippen molar-refractivity contribution in [2.24, 2.45) is 0 Å². The number of nitrogens with zero attached hydrogens (tertiary/aromatic N) is 2. The minimum atomic E-state index is 0.350. The number of unbranched alkanes of at least 4 members (excludes halogenated alkanes) is 3. The molecular formula is C31H38N2O2. The number of aromatic nitrogens is 2. The Balaban J connectivity index is 1.45. The Morgan fingerprint density at radius 2 is 1.51 bits per heavy atom. The minimum Gasteiger partial charge on any atom is -0.490 e. The van der Waals surface area contributed by atoms with Crippen LogP contribution in [0.15, 0.2) is 79.4 Å². The van der Waals surface area contributed by atoms with Crippen molar-refractivity contribution in [3.63, 3.8) is 0 Å². The maximum absolute atomic E-state index is 5.87. The van der Waals surface area contributed by atoms with Crippen molar-refractivity contribution in [3.8, 4) is 28.3 Å². The van der Waals surface area contributed by atoms with Gasteiger partial charge < -0.3 is 9.47 Å². The summed E-state index contributed by atoms with van der Waals surface area (Å²) >= 11 is 0. The lowest BCUT2D eigenvalue weighted by atomic mass is 10.1. The van der Waals surface area contributed by atoms with Crippen molar-refractivity contribution in [2.45, 2.75) is 58.5 Å². The van der Waals surface area contributed by atoms with Gasteiger partial charge in [0.2, 0.25) is 0 Å². The molecule has 0 spiro atoms. The molecule has 4 nitrogen and oxygen atoms in total. The molecule has 0 bridgehead atoms. The first-order valence-electron chi connectivity index (χ1n) is 12.8. The van der Waals surface area contributed by atoms with Crippen LogP contribution in [0, 0.1) is 0 Å². The van der Waals surface area contributed by atoms with Gasteiger partial charge >= 0.3 is 0 Å². The standard InChI is InChI=1S/C31H38N2O2/c1-4-6-10-24-34-25(3)11-8-7-9-12-26-13-15-27(16-14-26)30-21-22-31(33-32-30)28-17-19-29(20-18-28)35-23-5-2/h5,9,12-22,25H,2,4,6-8,10-11,23-24H2,1,3H3. The van der Waals surface area contributed by atoms with Crippen molar-refractivity contribution in [1.29, 1.82) is 0 Å². The second-order valence-corrected chi connectivity index (χ2v) is 8.77. The predicted octanol–water partition coefficient (Wildman–Crippen LogP) is 8.15. The van der Waals surface area contributed by atoms with E-state index < -0.39 is 0 Å². The van der Waals surface area contributed by atoms with Gasteiger partial charge in [0, 0.05) is 17.7 Å². The van der Waals surface area contributed by atoms with Crippen LogP contribution < -0.4 is 4.74 Å². The lowest BCUT2D eigenvalue weighted by molar-refractivity contribution is 0.0566. The average molecular weight is 471 g/mol. The molecule has 0 radical (unpaired) electrons. The molecular weight excluding hydrogens is 432 g/mol. The first-order valence-corrected chi connectivity index (χ1v) is 12.8. The monoisotopic (exact) mass is 470 g/mol. The number of allylic oxidation sites excluding steroid dienone is 1. The van der Waals surface area contributed by atoms with E-state index in [1.54, 1.807) is 6.08 Å². The molecule has 0 aliphatic carbocycles. The molecule has 3 aromatic rings. The Labute approximate surface area is 210 Å². The van der Waals surface area contributed by atoms with E-state index in [0.29, 0.717) is 12.7 Å². The lowest BCUT2D eigenvalue weighted by Crippen LogP contribution is -2.08. The predicted molar refractivity (Wildman–Crippen MR) is 146 cm³/mol. The minimum absolute atomic E-state index is 0.350. The Hall–Kier alpha value is -3.24. The highest BCUT2D eigenvalue weighted by molar-refractivity contribution is 5.65. The molecule has 0 saturated carbocycles. The van der Waals surface area contributed by atoms with Gasteiger partial charge in [0.15, 0.2) is 0 Å². The molecule has 3 rings (SSSR count). The number of hydrogen-bond acceptors (Lipinski definition) is 4. The highest BCUT2D eigenvalue weighted by Crippen LogP contribution is 2.23. The number of ether oxygens (including phenoxy) is 2. The summed E-state index contributed by atoms with van der Waals surface area (Å²) in [4.78, 5) is 0. The van der Waals surface area contributed by atoms with Crippen LogP contribution in [-0.2, 0) is 4.74 Å². The third-order valence-corrected chi connectivity index (χ3v) is 5.83. The highest BCUT2D eigenvalue weighted by Gasteiger charge is 2.05. The van der Waals surface area contributed by atoms with Crippen LogP contribution in [-0.4, -0.2) is 29.5 Å². The molecule has 1 heterocycles. The molecule has 0 saturated heterocycles. The van der Waals surface area contributed by atoms with Crippen molar-refractivity contribution >= 4 is 6.08 Å². The van der Waals surface area contributed by atoms with Crippen LogP contribution >= 0.6 is 0 Å². The molecule has 2 aromatic carbocycles. The van der Waals surface area contributed by atoms with Crippen LogP contribution in [0.3, 0.4) is 0 Å². The molecule has 0 fully saturated rings. The fraction of sp³-hybridized carbons (Fsp3) is 0.355. The third kappa shape index (κ3) is 9.14. The van der Waals surface area contributed by atoms with E-state index in [4.69, 9.17) is 9.47 Å². The zero-order chi connectivity index (χ0) is 24.7. The second kappa shape index (κ2) is 14.9.